The van der Waals surface area contributed by atoms with E-state index in [4.69, 9.17) is 9.47 Å². The second kappa shape index (κ2) is 14.4. The molecule has 1 saturated carbocycles. The number of unbranched alkanes of at least 4 members (excludes halogenated alkanes) is 1. The Morgan fingerprint density at radius 1 is 0.925 bits per heavy atom. The Bertz CT molecular complexity index is 1350. The summed E-state index contributed by atoms with van der Waals surface area (Å²) in [6, 6.07) is 25.3. The fourth-order valence-corrected chi connectivity index (χ4v) is 6.47. The van der Waals surface area contributed by atoms with E-state index in [0.717, 1.165) is 36.0 Å². The maximum absolute atomic E-state index is 13.2. The molecule has 0 aromatic heterocycles. The lowest BCUT2D eigenvalue weighted by atomic mass is 9.97. The number of nitrogens with one attached hydrogen (secondary N) is 1. The first-order valence-corrected chi connectivity index (χ1v) is 15.4. The van der Waals surface area contributed by atoms with Crippen molar-refractivity contribution in [3.05, 3.63) is 102 Å². The largest absolute Gasteiger partial charge is 0.469 e. The van der Waals surface area contributed by atoms with Gasteiger partial charge in [0.25, 0.3) is 0 Å². The molecule has 212 valence electrons. The van der Waals surface area contributed by atoms with Crippen LogP contribution in [0.3, 0.4) is 0 Å². The maximum Gasteiger partial charge on any atom is 0.305 e. The number of sulfonamides is 1. The summed E-state index contributed by atoms with van der Waals surface area (Å²) in [5.74, 6) is -0.208. The van der Waals surface area contributed by atoms with Crippen LogP contribution in [0.15, 0.2) is 95.9 Å². The highest BCUT2D eigenvalue weighted by Gasteiger charge is 2.38. The molecule has 3 aromatic carbocycles. The number of hydrogen-bond donors (Lipinski definition) is 1. The number of hydrogen-bond acceptors (Lipinski definition) is 5. The van der Waals surface area contributed by atoms with Crippen LogP contribution in [-0.2, 0) is 30.9 Å². The summed E-state index contributed by atoms with van der Waals surface area (Å²) in [6.45, 7) is 2.40. The third-order valence-electron chi connectivity index (χ3n) is 7.47. The van der Waals surface area contributed by atoms with Crippen LogP contribution in [0.1, 0.15) is 49.7 Å². The monoisotopic (exact) mass is 561 g/mol. The second-order valence-corrected chi connectivity index (χ2v) is 12.1. The van der Waals surface area contributed by atoms with Crippen molar-refractivity contribution in [3.63, 3.8) is 0 Å². The van der Waals surface area contributed by atoms with Crippen LogP contribution in [0.2, 0.25) is 0 Å². The van der Waals surface area contributed by atoms with Crippen LogP contribution in [0.5, 0.6) is 0 Å². The van der Waals surface area contributed by atoms with Crippen LogP contribution < -0.4 is 4.72 Å². The summed E-state index contributed by atoms with van der Waals surface area (Å²) in [6.07, 6.45) is 8.14. The van der Waals surface area contributed by atoms with Gasteiger partial charge in [0.15, 0.2) is 0 Å². The van der Waals surface area contributed by atoms with Gasteiger partial charge in [0, 0.05) is 18.4 Å². The van der Waals surface area contributed by atoms with Crippen molar-refractivity contribution in [3.8, 4) is 11.1 Å². The summed E-state index contributed by atoms with van der Waals surface area (Å²) >= 11 is 0. The average molecular weight is 562 g/mol. The number of ether oxygens (including phenoxy) is 2. The van der Waals surface area contributed by atoms with Gasteiger partial charge in [-0.05, 0) is 67.9 Å². The summed E-state index contributed by atoms with van der Waals surface area (Å²) in [5, 5.41) is 0. The highest BCUT2D eigenvalue weighted by molar-refractivity contribution is 7.89. The van der Waals surface area contributed by atoms with Crippen molar-refractivity contribution in [2.24, 2.45) is 5.92 Å². The van der Waals surface area contributed by atoms with Gasteiger partial charge in [-0.25, -0.2) is 13.1 Å². The lowest BCUT2D eigenvalue weighted by Gasteiger charge is -2.25. The first-order valence-electron chi connectivity index (χ1n) is 13.9. The van der Waals surface area contributed by atoms with Crippen LogP contribution in [-0.4, -0.2) is 33.6 Å². The molecule has 0 saturated heterocycles. The van der Waals surface area contributed by atoms with Gasteiger partial charge < -0.3 is 9.47 Å². The fourth-order valence-electron chi connectivity index (χ4n) is 5.15. The number of esters is 1. The molecule has 1 aliphatic rings. The van der Waals surface area contributed by atoms with Crippen LogP contribution >= 0.6 is 0 Å². The number of allylic oxidation sites excluding steroid dienone is 2. The van der Waals surface area contributed by atoms with E-state index < -0.39 is 10.0 Å². The SMILES string of the molecule is COC(=O)CCC/C=C\C[C@@H]1[C@@H](NS(=O)(=O)c2ccc(C)cc2)CC[C@@H]1OCc1ccc(-c2ccccc2)cc1. The van der Waals surface area contributed by atoms with E-state index in [-0.39, 0.29) is 28.9 Å². The third-order valence-corrected chi connectivity index (χ3v) is 8.98. The molecule has 0 radical (unpaired) electrons. The van der Waals surface area contributed by atoms with Gasteiger partial charge in [0.2, 0.25) is 10.0 Å². The molecule has 40 heavy (non-hydrogen) atoms. The van der Waals surface area contributed by atoms with Crippen molar-refractivity contribution < 1.29 is 22.7 Å². The van der Waals surface area contributed by atoms with Gasteiger partial charge in [-0.2, -0.15) is 0 Å². The number of benzene rings is 3. The normalized spacial score (nSPS) is 19.2. The maximum atomic E-state index is 13.2. The summed E-state index contributed by atoms with van der Waals surface area (Å²) in [7, 11) is -2.25. The number of carbonyl (C=O) groups is 1. The topological polar surface area (TPSA) is 81.7 Å². The second-order valence-electron chi connectivity index (χ2n) is 10.4. The first-order chi connectivity index (χ1) is 19.4. The van der Waals surface area contributed by atoms with E-state index in [1.807, 2.05) is 37.3 Å². The van der Waals surface area contributed by atoms with Crippen molar-refractivity contribution in [1.29, 1.82) is 0 Å². The predicted octanol–water partition coefficient (Wildman–Crippen LogP) is 6.59. The summed E-state index contributed by atoms with van der Waals surface area (Å²) in [5.41, 5.74) is 4.43. The molecule has 1 N–H and O–H groups in total. The molecule has 1 aliphatic carbocycles. The van der Waals surface area contributed by atoms with Gasteiger partial charge in [-0.1, -0.05) is 84.4 Å². The Morgan fingerprint density at radius 3 is 2.33 bits per heavy atom. The molecule has 0 aliphatic heterocycles. The minimum atomic E-state index is -3.65. The van der Waals surface area contributed by atoms with E-state index in [2.05, 4.69) is 53.3 Å². The minimum Gasteiger partial charge on any atom is -0.469 e. The van der Waals surface area contributed by atoms with Crippen LogP contribution in [0, 0.1) is 12.8 Å². The Kier molecular flexibility index (Phi) is 10.7. The van der Waals surface area contributed by atoms with Crippen molar-refractivity contribution in [1.82, 2.24) is 4.72 Å². The first kappa shape index (κ1) is 29.7. The summed E-state index contributed by atoms with van der Waals surface area (Å²) < 4.78 is 40.4. The molecule has 0 bridgehead atoms. The lowest BCUT2D eigenvalue weighted by molar-refractivity contribution is -0.140. The molecule has 1 fully saturated rings. The third kappa shape index (κ3) is 8.37. The number of methoxy groups -OCH3 is 1. The fraction of sp³-hybridized carbons (Fsp3) is 0.364. The molecule has 0 heterocycles. The van der Waals surface area contributed by atoms with Crippen molar-refractivity contribution in [2.75, 3.05) is 7.11 Å². The Labute approximate surface area is 238 Å². The molecule has 4 rings (SSSR count). The van der Waals surface area contributed by atoms with Gasteiger partial charge in [0.05, 0.1) is 24.7 Å². The smallest absolute Gasteiger partial charge is 0.305 e. The zero-order valence-corrected chi connectivity index (χ0v) is 24.1. The van der Waals surface area contributed by atoms with E-state index >= 15 is 0 Å². The van der Waals surface area contributed by atoms with Crippen LogP contribution in [0.4, 0.5) is 0 Å². The molecule has 6 nitrogen and oxygen atoms in total. The predicted molar refractivity (Wildman–Crippen MR) is 158 cm³/mol. The van der Waals surface area contributed by atoms with E-state index in [1.165, 1.54) is 12.7 Å². The van der Waals surface area contributed by atoms with Gasteiger partial charge in [0.1, 0.15) is 0 Å². The molecule has 7 heteroatoms. The molecular weight excluding hydrogens is 522 g/mol. The van der Waals surface area contributed by atoms with E-state index in [1.54, 1.807) is 12.1 Å². The Morgan fingerprint density at radius 2 is 1.62 bits per heavy atom. The van der Waals surface area contributed by atoms with Crippen molar-refractivity contribution >= 4 is 16.0 Å². The average Bonchev–Trinajstić information content (AvgIpc) is 3.34. The molecular formula is C33H39NO5S. The Hall–Kier alpha value is -3.26. The van der Waals surface area contributed by atoms with Crippen molar-refractivity contribution in [2.45, 2.75) is 69.1 Å². The van der Waals surface area contributed by atoms with Gasteiger partial charge in [-0.15, -0.1) is 0 Å². The lowest BCUT2D eigenvalue weighted by Crippen LogP contribution is -2.39. The highest BCUT2D eigenvalue weighted by atomic mass is 32.2. The number of aryl methyl sites for hydroxylation is 1. The number of rotatable bonds is 13. The highest BCUT2D eigenvalue weighted by Crippen LogP contribution is 2.34. The van der Waals surface area contributed by atoms with E-state index in [9.17, 15) is 13.2 Å². The van der Waals surface area contributed by atoms with Gasteiger partial charge >= 0.3 is 5.97 Å². The number of carbonyl (C=O) groups excluding carboxylic acids is 1. The zero-order chi connectivity index (χ0) is 28.4. The minimum absolute atomic E-state index is 0.000623. The molecule has 0 amide bonds. The standard InChI is InChI=1S/C33H39NO5S/c1-25-14-20-29(21-15-25)40(36,37)34-31-22-23-32(30(31)12-8-3-4-9-13-33(35)38-2)39-24-26-16-18-28(19-17-26)27-10-6-5-7-11-27/h3,5-8,10-11,14-21,30-32,34H,4,9,12-13,22-24H2,1-2H3/b8-3-/t30-,31+,32+/m1/s1. The molecule has 0 unspecified atom stereocenters. The van der Waals surface area contributed by atoms with Crippen LogP contribution in [0.25, 0.3) is 11.1 Å². The van der Waals surface area contributed by atoms with Gasteiger partial charge in [-0.3, -0.25) is 4.79 Å². The van der Waals surface area contributed by atoms with E-state index in [0.29, 0.717) is 25.9 Å². The quantitative estimate of drug-likeness (QED) is 0.145. The zero-order valence-electron chi connectivity index (χ0n) is 23.3. The molecule has 3 atom stereocenters. The summed E-state index contributed by atoms with van der Waals surface area (Å²) in [4.78, 5) is 11.6. The molecule has 3 aromatic rings. The molecule has 0 spiro atoms. The Balaban J connectivity index is 1.40.